The Labute approximate surface area is 357 Å². The number of phenols is 4. The molecule has 0 fully saturated rings. The average molecular weight is 819 g/mol. The largest absolute Gasteiger partial charge is 0.507 e. The minimum atomic E-state index is -0.805. The lowest BCUT2D eigenvalue weighted by Gasteiger charge is -2.31. The summed E-state index contributed by atoms with van der Waals surface area (Å²) >= 11 is 0. The van der Waals surface area contributed by atoms with Gasteiger partial charge in [-0.15, -0.1) is 0 Å². The number of rotatable bonds is 10. The molecule has 8 heteroatoms. The van der Waals surface area contributed by atoms with Gasteiger partial charge < -0.3 is 40.1 Å². The molecule has 0 aliphatic carbocycles. The fourth-order valence-electron chi connectivity index (χ4n) is 8.14. The summed E-state index contributed by atoms with van der Waals surface area (Å²) in [7, 11) is 3.16. The van der Waals surface area contributed by atoms with Crippen LogP contribution < -0.4 is 9.47 Å². The zero-order valence-electron chi connectivity index (χ0n) is 38.0. The molecule has 6 N–H and O–H groups in total. The van der Waals surface area contributed by atoms with Crippen LogP contribution in [0.4, 0.5) is 0 Å². The molecule has 0 aromatic heterocycles. The summed E-state index contributed by atoms with van der Waals surface area (Å²) < 4.78 is 11.7. The smallest absolute Gasteiger partial charge is 0.125 e. The van der Waals surface area contributed by atoms with Crippen LogP contribution in [-0.4, -0.2) is 44.9 Å². The van der Waals surface area contributed by atoms with Crippen molar-refractivity contribution in [2.75, 3.05) is 14.2 Å². The minimum absolute atomic E-state index is 0.0366. The molecule has 5 aromatic rings. The summed E-state index contributed by atoms with van der Waals surface area (Å²) in [6, 6.07) is 22.3. The Balaban J connectivity index is 1.99. The third kappa shape index (κ3) is 9.10. The van der Waals surface area contributed by atoms with E-state index in [0.29, 0.717) is 72.7 Å². The quantitative estimate of drug-likeness (QED) is 0.0766. The lowest BCUT2D eigenvalue weighted by molar-refractivity contribution is 0.274. The molecule has 2 atom stereocenters. The van der Waals surface area contributed by atoms with Gasteiger partial charge >= 0.3 is 0 Å². The first-order valence-corrected chi connectivity index (χ1v) is 20.6. The molecule has 8 nitrogen and oxygen atoms in total. The van der Waals surface area contributed by atoms with Crippen molar-refractivity contribution >= 4 is 0 Å². The molecule has 0 saturated heterocycles. The highest BCUT2D eigenvalue weighted by molar-refractivity contribution is 5.64. The summed E-state index contributed by atoms with van der Waals surface area (Å²) in [6.45, 7) is 23.6. The normalized spacial score (nSPS) is 13.6. The van der Waals surface area contributed by atoms with Crippen LogP contribution in [0.3, 0.4) is 0 Å². The predicted octanol–water partition coefficient (Wildman–Crippen LogP) is 11.1. The maximum absolute atomic E-state index is 12.3. The topological polar surface area (TPSA) is 140 Å². The van der Waals surface area contributed by atoms with E-state index < -0.39 is 34.7 Å². The van der Waals surface area contributed by atoms with Gasteiger partial charge in [0.2, 0.25) is 0 Å². The summed E-state index contributed by atoms with van der Waals surface area (Å²) in [5, 5.41) is 70.3. The number of aliphatic hydroxyl groups is 2. The van der Waals surface area contributed by atoms with Crippen LogP contribution in [0.1, 0.15) is 162 Å². The summed E-state index contributed by atoms with van der Waals surface area (Å²) in [6.07, 6.45) is 0. The van der Waals surface area contributed by atoms with Crippen LogP contribution in [0.2, 0.25) is 0 Å². The van der Waals surface area contributed by atoms with Gasteiger partial charge in [0.05, 0.1) is 27.4 Å². The Morgan fingerprint density at radius 1 is 0.450 bits per heavy atom. The van der Waals surface area contributed by atoms with Crippen molar-refractivity contribution in [3.8, 4) is 34.5 Å². The molecular weight excluding hydrogens is 753 g/mol. The van der Waals surface area contributed by atoms with Crippen molar-refractivity contribution in [1.82, 2.24) is 0 Å². The molecule has 0 heterocycles. The van der Waals surface area contributed by atoms with E-state index in [9.17, 15) is 30.6 Å². The maximum Gasteiger partial charge on any atom is 0.125 e. The first-order chi connectivity index (χ1) is 27.8. The number of hydrogen-bond donors (Lipinski definition) is 6. The average Bonchev–Trinajstić information content (AvgIpc) is 3.15. The molecule has 0 saturated carbocycles. The number of hydrogen-bond acceptors (Lipinski definition) is 8. The second-order valence-electron chi connectivity index (χ2n) is 20.2. The van der Waals surface area contributed by atoms with E-state index in [0.717, 1.165) is 5.56 Å². The van der Waals surface area contributed by atoms with Crippen LogP contribution in [0.25, 0.3) is 0 Å². The molecule has 5 rings (SSSR count). The number of phenolic OH excluding ortho intramolecular Hbond substituents is 3. The Morgan fingerprint density at radius 2 is 0.850 bits per heavy atom. The Kier molecular flexibility index (Phi) is 12.8. The first-order valence-electron chi connectivity index (χ1n) is 20.6. The lowest BCUT2D eigenvalue weighted by atomic mass is 9.74. The number of methoxy groups -OCH3 is 2. The second kappa shape index (κ2) is 16.7. The summed E-state index contributed by atoms with van der Waals surface area (Å²) in [5.74, 6) is -0.527. The maximum atomic E-state index is 12.3. The molecule has 5 aromatic carbocycles. The van der Waals surface area contributed by atoms with Crippen LogP contribution in [0, 0.1) is 0 Å². The van der Waals surface area contributed by atoms with E-state index >= 15 is 0 Å². The van der Waals surface area contributed by atoms with E-state index in [1.807, 2.05) is 117 Å². The SMILES string of the molecule is COc1cc(C(c2cccc(C(c3cc(CO)cc(C(C)(C)C)c3O)c3cc(OC)cc(C(C)(C)C)c3O)c2)c2cc(C(C)(C)C)cc(CO)c2O)c(O)c(C(C)(C)C)c1. The van der Waals surface area contributed by atoms with Gasteiger partial charge in [-0.05, 0) is 91.9 Å². The highest BCUT2D eigenvalue weighted by atomic mass is 16.5. The van der Waals surface area contributed by atoms with Crippen LogP contribution in [0.5, 0.6) is 34.5 Å². The fourth-order valence-corrected chi connectivity index (χ4v) is 8.14. The minimum Gasteiger partial charge on any atom is -0.507 e. The van der Waals surface area contributed by atoms with Gasteiger partial charge in [-0.2, -0.15) is 0 Å². The van der Waals surface area contributed by atoms with Crippen molar-refractivity contribution in [1.29, 1.82) is 0 Å². The third-order valence-corrected chi connectivity index (χ3v) is 11.6. The molecule has 0 amide bonds. The van der Waals surface area contributed by atoms with E-state index in [4.69, 9.17) is 9.47 Å². The van der Waals surface area contributed by atoms with Crippen molar-refractivity contribution in [3.05, 3.63) is 140 Å². The Hall–Kier alpha value is -5.18. The van der Waals surface area contributed by atoms with Gasteiger partial charge in [-0.25, -0.2) is 0 Å². The van der Waals surface area contributed by atoms with Crippen LogP contribution in [0.15, 0.2) is 72.8 Å². The zero-order chi connectivity index (χ0) is 44.9. The van der Waals surface area contributed by atoms with Gasteiger partial charge in [0.1, 0.15) is 34.5 Å². The number of ether oxygens (including phenoxy) is 2. The van der Waals surface area contributed by atoms with E-state index in [1.54, 1.807) is 32.4 Å². The second-order valence-corrected chi connectivity index (χ2v) is 20.2. The van der Waals surface area contributed by atoms with Gasteiger partial charge in [0.25, 0.3) is 0 Å². The molecule has 0 aliphatic rings. The monoisotopic (exact) mass is 818 g/mol. The molecule has 0 aliphatic heterocycles. The van der Waals surface area contributed by atoms with Crippen LogP contribution >= 0.6 is 0 Å². The van der Waals surface area contributed by atoms with Gasteiger partial charge in [0, 0.05) is 50.8 Å². The summed E-state index contributed by atoms with van der Waals surface area (Å²) in [4.78, 5) is 0. The number of aliphatic hydroxyl groups excluding tert-OH is 2. The summed E-state index contributed by atoms with van der Waals surface area (Å²) in [5.41, 5.74) is 5.19. The van der Waals surface area contributed by atoms with Gasteiger partial charge in [-0.1, -0.05) is 113 Å². The lowest BCUT2D eigenvalue weighted by Crippen LogP contribution is -2.17. The highest BCUT2D eigenvalue weighted by Gasteiger charge is 2.35. The molecule has 0 spiro atoms. The number of benzene rings is 5. The predicted molar refractivity (Wildman–Crippen MR) is 241 cm³/mol. The fraction of sp³-hybridized carbons (Fsp3) is 0.423. The standard InChI is InChI=1S/C52H66O8/c1-49(2,3)33-21-32(28-54)45(55)37(22-33)44(39-24-35(60-14)26-42(48(39)58)52(10,11)12)31-17-15-16-30(20-31)43(36-18-29(27-53)19-40(46(36)56)50(4,5)6)38-23-34(59-13)25-41(47(38)57)51(7,8)9/h15-26,43-44,53-58H,27-28H2,1-14H3. The molecule has 0 bridgehead atoms. The van der Waals surface area contributed by atoms with Crippen molar-refractivity contribution in [3.63, 3.8) is 0 Å². The third-order valence-electron chi connectivity index (χ3n) is 11.6. The van der Waals surface area contributed by atoms with Crippen molar-refractivity contribution < 1.29 is 40.1 Å². The molecule has 60 heavy (non-hydrogen) atoms. The molecule has 2 unspecified atom stereocenters. The Morgan fingerprint density at radius 3 is 1.22 bits per heavy atom. The first kappa shape index (κ1) is 45.9. The van der Waals surface area contributed by atoms with Crippen LogP contribution in [-0.2, 0) is 34.9 Å². The molecule has 322 valence electrons. The van der Waals surface area contributed by atoms with Crippen molar-refractivity contribution in [2.24, 2.45) is 0 Å². The molecular formula is C52H66O8. The highest BCUT2D eigenvalue weighted by Crippen LogP contribution is 2.51. The van der Waals surface area contributed by atoms with Gasteiger partial charge in [0.15, 0.2) is 0 Å². The molecule has 0 radical (unpaired) electrons. The van der Waals surface area contributed by atoms with E-state index in [-0.39, 0.29) is 35.0 Å². The van der Waals surface area contributed by atoms with E-state index in [2.05, 4.69) is 20.8 Å². The zero-order valence-corrected chi connectivity index (χ0v) is 38.0. The number of aromatic hydroxyl groups is 4. The Bertz CT molecular complexity index is 2170. The van der Waals surface area contributed by atoms with Crippen molar-refractivity contribution in [2.45, 2.75) is 130 Å². The van der Waals surface area contributed by atoms with Gasteiger partial charge in [-0.3, -0.25) is 0 Å². The van der Waals surface area contributed by atoms with E-state index in [1.165, 1.54) is 0 Å².